The van der Waals surface area contributed by atoms with E-state index in [0.29, 0.717) is 68.9 Å². The Morgan fingerprint density at radius 2 is 0.777 bits per heavy atom. The molecule has 16 nitrogen and oxygen atoms in total. The fourth-order valence-corrected chi connectivity index (χ4v) is 10.6. The van der Waals surface area contributed by atoms with Gasteiger partial charge >= 0.3 is 17.9 Å². The first-order valence-corrected chi connectivity index (χ1v) is 34.9. The van der Waals surface area contributed by atoms with Crippen LogP contribution in [0.2, 0.25) is 0 Å². The number of nitrogens with one attached hydrogen (secondary N) is 1. The first-order chi connectivity index (χ1) is 45.5. The Morgan fingerprint density at radius 3 is 1.16 bits per heavy atom. The number of ether oxygens (including phenoxy) is 6. The third-order valence-corrected chi connectivity index (χ3v) is 16.4. The Morgan fingerprint density at radius 1 is 0.426 bits per heavy atom. The molecule has 2 aliphatic heterocycles. The van der Waals surface area contributed by atoms with Crippen molar-refractivity contribution < 1.29 is 57.2 Å². The lowest BCUT2D eigenvalue weighted by molar-refractivity contribution is -0.146. The summed E-state index contributed by atoms with van der Waals surface area (Å²) in [5, 5.41) is 2.96. The smallest absolute Gasteiger partial charge is 0.331 e. The molecule has 516 valence electrons. The molecular weight excluding hydrogens is 1180 g/mol. The Kier molecular flexibility index (Phi) is 39.5. The summed E-state index contributed by atoms with van der Waals surface area (Å²) in [5.74, 6) is 1.40. The van der Waals surface area contributed by atoms with Gasteiger partial charge in [-0.2, -0.15) is 0 Å². The van der Waals surface area contributed by atoms with Gasteiger partial charge in [0.2, 0.25) is 17.7 Å². The highest BCUT2D eigenvalue weighted by Crippen LogP contribution is 2.24. The maximum atomic E-state index is 12.1. The van der Waals surface area contributed by atoms with Gasteiger partial charge in [0.25, 0.3) is 0 Å². The van der Waals surface area contributed by atoms with Gasteiger partial charge in [-0.25, -0.2) is 14.4 Å². The van der Waals surface area contributed by atoms with Gasteiger partial charge in [-0.15, -0.1) is 0 Å². The van der Waals surface area contributed by atoms with Gasteiger partial charge in [0.05, 0.1) is 19.8 Å². The van der Waals surface area contributed by atoms with E-state index in [4.69, 9.17) is 28.4 Å². The molecule has 3 fully saturated rings. The van der Waals surface area contributed by atoms with E-state index in [9.17, 15) is 28.8 Å². The Bertz CT molecular complexity index is 2820. The summed E-state index contributed by atoms with van der Waals surface area (Å²) in [4.78, 5) is 77.6. The van der Waals surface area contributed by atoms with Crippen LogP contribution in [0.15, 0.2) is 127 Å². The number of piperidine rings is 1. The van der Waals surface area contributed by atoms with E-state index in [2.05, 4.69) is 50.7 Å². The van der Waals surface area contributed by atoms with Crippen LogP contribution in [-0.2, 0) is 43.0 Å². The summed E-state index contributed by atoms with van der Waals surface area (Å²) < 4.78 is 33.7. The van der Waals surface area contributed by atoms with Crippen LogP contribution < -0.4 is 19.5 Å². The van der Waals surface area contributed by atoms with Crippen molar-refractivity contribution in [2.45, 2.75) is 201 Å². The first kappa shape index (κ1) is 78.7. The molecule has 2 heterocycles. The molecule has 0 atom stereocenters. The SMILES string of the molecule is C=C(C)C(=O)N1CCC(OC(=O)/C=C/c2ccc(OCCCCCCCC)cc2)CC1.C=C(C)C(=O)N1CCN(CCOC(=O)/C=C/c2ccc(OCCCCCCCC)cc2)CC1.C=C(C)C(=O)NC1CCC(OC(=O)/C=C/c2ccc(OCCCCCC)cc2)CC1. The van der Waals surface area contributed by atoms with Crippen molar-refractivity contribution in [1.82, 2.24) is 20.0 Å². The second kappa shape index (κ2) is 47.2. The van der Waals surface area contributed by atoms with E-state index < -0.39 is 0 Å². The summed E-state index contributed by atoms with van der Waals surface area (Å²) in [6, 6.07) is 23.3. The minimum Gasteiger partial charge on any atom is -0.494 e. The largest absolute Gasteiger partial charge is 0.494 e. The summed E-state index contributed by atoms with van der Waals surface area (Å²) in [7, 11) is 0. The quantitative estimate of drug-likeness (QED) is 0.0250. The molecule has 16 heteroatoms. The Balaban J connectivity index is 0.000000301. The molecular formula is C78H112N4O12. The average molecular weight is 1300 g/mol. The zero-order chi connectivity index (χ0) is 68.1. The number of likely N-dealkylation sites (tertiary alicyclic amines) is 1. The topological polar surface area (TPSA) is 180 Å². The Labute approximate surface area is 563 Å². The summed E-state index contributed by atoms with van der Waals surface area (Å²) >= 11 is 0. The second-order valence-corrected chi connectivity index (χ2v) is 24.8. The highest BCUT2D eigenvalue weighted by molar-refractivity contribution is 5.93. The van der Waals surface area contributed by atoms with Gasteiger partial charge in [-0.1, -0.05) is 160 Å². The minimum absolute atomic E-state index is 0.0172. The van der Waals surface area contributed by atoms with Crippen molar-refractivity contribution in [3.63, 3.8) is 0 Å². The standard InChI is InChI=1S/C27H40N2O4.C26H37NO4.C25H35NO4/c1-4-5-6-7-8-9-21-32-25-13-10-24(11-14-25)12-15-26(30)33-22-20-28-16-18-29(19-17-28)27(31)23(2)3;1-4-5-6-7-8-9-20-30-23-13-10-22(11-14-23)12-15-25(28)31-24-16-18-27(19-17-24)26(29)21(2)3;1-4-5-6-7-18-29-22-13-8-20(9-14-22)10-17-24(27)30-23-15-11-21(12-16-23)26-25(28)19(2)3/h10-15H,2,4-9,16-22H2,1,3H3;10-15,24H,2,4-9,16-20H2,1,3H3;8-10,13-14,17,21,23H,2,4-7,11-12,15-16,18H2,1,3H3,(H,26,28)/b2*15-12+;17-10+. The molecule has 3 amide bonds. The molecule has 1 aliphatic carbocycles. The van der Waals surface area contributed by atoms with Crippen LogP contribution >= 0.6 is 0 Å². The third-order valence-electron chi connectivity index (χ3n) is 16.4. The van der Waals surface area contributed by atoms with Gasteiger partial charge in [0.1, 0.15) is 36.1 Å². The van der Waals surface area contributed by atoms with Crippen molar-refractivity contribution in [1.29, 1.82) is 0 Å². The highest BCUT2D eigenvalue weighted by atomic mass is 16.5. The molecule has 94 heavy (non-hydrogen) atoms. The van der Waals surface area contributed by atoms with Crippen molar-refractivity contribution in [2.24, 2.45) is 0 Å². The van der Waals surface area contributed by atoms with Crippen LogP contribution in [0.5, 0.6) is 17.2 Å². The van der Waals surface area contributed by atoms with Gasteiger partial charge in [0, 0.05) is 99.6 Å². The zero-order valence-electron chi connectivity index (χ0n) is 57.8. The number of benzene rings is 3. The molecule has 1 N–H and O–H groups in total. The highest BCUT2D eigenvalue weighted by Gasteiger charge is 2.27. The molecule has 0 spiro atoms. The molecule has 3 aromatic rings. The molecule has 0 bridgehead atoms. The van der Waals surface area contributed by atoms with Crippen molar-refractivity contribution in [3.8, 4) is 17.2 Å². The molecule has 2 saturated heterocycles. The van der Waals surface area contributed by atoms with Crippen molar-refractivity contribution >= 4 is 53.9 Å². The summed E-state index contributed by atoms with van der Waals surface area (Å²) in [5.41, 5.74) is 4.40. The molecule has 0 aromatic heterocycles. The lowest BCUT2D eigenvalue weighted by Crippen LogP contribution is -2.49. The number of carbonyl (C=O) groups excluding carboxylic acids is 6. The van der Waals surface area contributed by atoms with Crippen LogP contribution in [0.1, 0.15) is 199 Å². The minimum atomic E-state index is -0.354. The molecule has 3 aromatic carbocycles. The van der Waals surface area contributed by atoms with Gasteiger partial charge in [0.15, 0.2) is 0 Å². The van der Waals surface area contributed by atoms with Gasteiger partial charge < -0.3 is 43.5 Å². The maximum absolute atomic E-state index is 12.1. The number of rotatable bonds is 37. The molecule has 0 unspecified atom stereocenters. The number of unbranched alkanes of at least 4 members (excludes halogenated alkanes) is 13. The Hall–Kier alpha value is -7.72. The van der Waals surface area contributed by atoms with E-state index in [1.54, 1.807) is 43.9 Å². The molecule has 0 radical (unpaired) electrons. The van der Waals surface area contributed by atoms with Crippen LogP contribution in [0, 0.1) is 0 Å². The second-order valence-electron chi connectivity index (χ2n) is 24.8. The third kappa shape index (κ3) is 34.4. The van der Waals surface area contributed by atoms with Gasteiger partial charge in [-0.05, 0) is 137 Å². The monoisotopic (exact) mass is 1300 g/mol. The zero-order valence-corrected chi connectivity index (χ0v) is 57.8. The lowest BCUT2D eigenvalue weighted by atomic mass is 9.92. The summed E-state index contributed by atoms with van der Waals surface area (Å²) in [6.45, 7) is 30.2. The van der Waals surface area contributed by atoms with E-state index in [-0.39, 0.29) is 53.9 Å². The first-order valence-electron chi connectivity index (χ1n) is 34.9. The fraction of sp³-hybridized carbons (Fsp3) is 0.538. The lowest BCUT2D eigenvalue weighted by Gasteiger charge is -2.34. The number of carbonyl (C=O) groups is 6. The molecule has 3 aliphatic rings. The number of hydrogen-bond acceptors (Lipinski definition) is 13. The van der Waals surface area contributed by atoms with Crippen LogP contribution in [0.4, 0.5) is 0 Å². The van der Waals surface area contributed by atoms with E-state index in [1.807, 2.05) is 77.7 Å². The van der Waals surface area contributed by atoms with E-state index >= 15 is 0 Å². The van der Waals surface area contributed by atoms with Crippen LogP contribution in [0.3, 0.4) is 0 Å². The maximum Gasteiger partial charge on any atom is 0.331 e. The van der Waals surface area contributed by atoms with Crippen LogP contribution in [-0.4, -0.2) is 141 Å². The predicted molar refractivity (Wildman–Crippen MR) is 378 cm³/mol. The van der Waals surface area contributed by atoms with E-state index in [1.165, 1.54) is 102 Å². The van der Waals surface area contributed by atoms with Crippen molar-refractivity contribution in [2.75, 3.05) is 72.2 Å². The molecule has 6 rings (SSSR count). The fourth-order valence-electron chi connectivity index (χ4n) is 10.6. The number of hydrogen-bond donors (Lipinski definition) is 1. The van der Waals surface area contributed by atoms with Gasteiger partial charge in [-0.3, -0.25) is 19.3 Å². The summed E-state index contributed by atoms with van der Waals surface area (Å²) in [6.07, 6.45) is 33.5. The normalized spacial score (nSPS) is 15.9. The van der Waals surface area contributed by atoms with E-state index in [0.717, 1.165) is 112 Å². The average Bonchev–Trinajstić information content (AvgIpc) is 1.38. The number of amides is 3. The molecule has 1 saturated carbocycles. The predicted octanol–water partition coefficient (Wildman–Crippen LogP) is 15.5. The number of esters is 3. The number of piperazine rings is 1. The number of nitrogens with zero attached hydrogens (tertiary/aromatic N) is 3. The van der Waals surface area contributed by atoms with Crippen LogP contribution in [0.25, 0.3) is 18.2 Å². The van der Waals surface area contributed by atoms with Crippen molar-refractivity contribution in [3.05, 3.63) is 144 Å².